The van der Waals surface area contributed by atoms with E-state index >= 15 is 0 Å². The number of likely N-dealkylation sites (N-methyl/N-ethyl adjacent to an activating group) is 1. The lowest BCUT2D eigenvalue weighted by Crippen LogP contribution is -2.20. The van der Waals surface area contributed by atoms with Gasteiger partial charge in [-0.2, -0.15) is 0 Å². The predicted octanol–water partition coefficient (Wildman–Crippen LogP) is 3.71. The number of benzene rings is 1. The maximum atomic E-state index is 5.15. The van der Waals surface area contributed by atoms with Crippen molar-refractivity contribution < 1.29 is 4.42 Å². The summed E-state index contributed by atoms with van der Waals surface area (Å²) in [6.45, 7) is 6.53. The maximum absolute atomic E-state index is 5.15. The lowest BCUT2D eigenvalue weighted by molar-refractivity contribution is 0.550. The van der Waals surface area contributed by atoms with Crippen LogP contribution in [0.5, 0.6) is 0 Å². The monoisotopic (exact) mass is 243 g/mol. The number of nitrogens with one attached hydrogen (secondary N) is 1. The Labute approximate surface area is 109 Å². The highest BCUT2D eigenvalue weighted by molar-refractivity contribution is 5.40. The zero-order valence-electron chi connectivity index (χ0n) is 11.6. The summed E-state index contributed by atoms with van der Waals surface area (Å²) in [4.78, 5) is 0. The summed E-state index contributed by atoms with van der Waals surface area (Å²) in [6.07, 6.45) is 4.51. The Hall–Kier alpha value is -1.54. The lowest BCUT2D eigenvalue weighted by atomic mass is 9.91. The highest BCUT2D eigenvalue weighted by Gasteiger charge is 2.15. The average molecular weight is 243 g/mol. The highest BCUT2D eigenvalue weighted by Crippen LogP contribution is 2.26. The molecule has 1 N–H and O–H groups in total. The molecule has 18 heavy (non-hydrogen) atoms. The van der Waals surface area contributed by atoms with Gasteiger partial charge < -0.3 is 9.73 Å². The molecule has 1 atom stereocenters. The molecule has 2 aromatic rings. The molecule has 2 rings (SSSR count). The number of hydrogen-bond acceptors (Lipinski definition) is 2. The van der Waals surface area contributed by atoms with Crippen molar-refractivity contribution in [1.29, 1.82) is 0 Å². The van der Waals surface area contributed by atoms with Crippen LogP contribution in [-0.4, -0.2) is 7.05 Å². The first kappa shape index (κ1) is 12.9. The van der Waals surface area contributed by atoms with Gasteiger partial charge >= 0.3 is 0 Å². The molecule has 1 heterocycles. The number of hydrogen-bond donors (Lipinski definition) is 1. The van der Waals surface area contributed by atoms with Crippen LogP contribution in [0.1, 0.15) is 33.9 Å². The van der Waals surface area contributed by atoms with Crippen molar-refractivity contribution in [3.8, 4) is 0 Å². The third kappa shape index (κ3) is 2.65. The Morgan fingerprint density at radius 3 is 2.33 bits per heavy atom. The van der Waals surface area contributed by atoms with E-state index in [0.29, 0.717) is 6.04 Å². The van der Waals surface area contributed by atoms with Crippen LogP contribution in [-0.2, 0) is 6.42 Å². The van der Waals surface area contributed by atoms with E-state index in [1.165, 1.54) is 27.8 Å². The maximum Gasteiger partial charge on any atom is 0.0935 e. The van der Waals surface area contributed by atoms with E-state index in [2.05, 4.69) is 38.2 Å². The second-order valence-corrected chi connectivity index (χ2v) is 4.99. The minimum Gasteiger partial charge on any atom is -0.472 e. The van der Waals surface area contributed by atoms with E-state index in [-0.39, 0.29) is 0 Å². The second kappa shape index (κ2) is 5.40. The largest absolute Gasteiger partial charge is 0.472 e. The van der Waals surface area contributed by atoms with Crippen LogP contribution in [0, 0.1) is 20.8 Å². The molecule has 0 aliphatic rings. The first-order chi connectivity index (χ1) is 8.61. The standard InChI is InChI=1S/C16H21NO/c1-11-7-12(2)16(13(3)8-11)15(17-4)9-14-5-6-18-10-14/h5-8,10,15,17H,9H2,1-4H3. The molecule has 0 aliphatic carbocycles. The van der Waals surface area contributed by atoms with Gasteiger partial charge in [0, 0.05) is 6.04 Å². The van der Waals surface area contributed by atoms with Crippen molar-refractivity contribution in [2.24, 2.45) is 0 Å². The van der Waals surface area contributed by atoms with E-state index in [9.17, 15) is 0 Å². The average Bonchev–Trinajstić information content (AvgIpc) is 2.79. The van der Waals surface area contributed by atoms with E-state index < -0.39 is 0 Å². The summed E-state index contributed by atoms with van der Waals surface area (Å²) < 4.78 is 5.15. The molecule has 0 saturated carbocycles. The summed E-state index contributed by atoms with van der Waals surface area (Å²) in [5.41, 5.74) is 6.68. The molecular formula is C16H21NO. The molecule has 2 nitrogen and oxygen atoms in total. The predicted molar refractivity (Wildman–Crippen MR) is 74.9 cm³/mol. The van der Waals surface area contributed by atoms with Crippen LogP contribution in [0.15, 0.2) is 35.1 Å². The van der Waals surface area contributed by atoms with Crippen LogP contribution in [0.2, 0.25) is 0 Å². The lowest BCUT2D eigenvalue weighted by Gasteiger charge is -2.21. The van der Waals surface area contributed by atoms with Gasteiger partial charge in [-0.3, -0.25) is 0 Å². The van der Waals surface area contributed by atoms with E-state index in [4.69, 9.17) is 4.42 Å². The number of aryl methyl sites for hydroxylation is 3. The number of furan rings is 1. The highest BCUT2D eigenvalue weighted by atomic mass is 16.3. The quantitative estimate of drug-likeness (QED) is 0.885. The fourth-order valence-electron chi connectivity index (χ4n) is 2.73. The third-order valence-electron chi connectivity index (χ3n) is 3.45. The van der Waals surface area contributed by atoms with Gasteiger partial charge in [-0.25, -0.2) is 0 Å². The number of rotatable bonds is 4. The van der Waals surface area contributed by atoms with Crippen molar-refractivity contribution in [1.82, 2.24) is 5.32 Å². The first-order valence-electron chi connectivity index (χ1n) is 6.38. The van der Waals surface area contributed by atoms with Crippen molar-refractivity contribution in [2.45, 2.75) is 33.2 Å². The van der Waals surface area contributed by atoms with E-state index in [1.54, 1.807) is 6.26 Å². The van der Waals surface area contributed by atoms with Crippen molar-refractivity contribution >= 4 is 0 Å². The summed E-state index contributed by atoms with van der Waals surface area (Å²) in [6, 6.07) is 6.87. The normalized spacial score (nSPS) is 12.7. The van der Waals surface area contributed by atoms with Gasteiger partial charge in [-0.1, -0.05) is 17.7 Å². The molecule has 0 bridgehead atoms. The zero-order valence-corrected chi connectivity index (χ0v) is 11.6. The Kier molecular flexibility index (Phi) is 3.87. The molecular weight excluding hydrogens is 222 g/mol. The van der Waals surface area contributed by atoms with Crippen LogP contribution >= 0.6 is 0 Å². The second-order valence-electron chi connectivity index (χ2n) is 4.99. The zero-order chi connectivity index (χ0) is 13.1. The smallest absolute Gasteiger partial charge is 0.0935 e. The summed E-state index contributed by atoms with van der Waals surface area (Å²) >= 11 is 0. The van der Waals surface area contributed by atoms with Crippen LogP contribution in [0.4, 0.5) is 0 Å². The van der Waals surface area contributed by atoms with E-state index in [0.717, 1.165) is 6.42 Å². The minimum atomic E-state index is 0.336. The molecule has 1 unspecified atom stereocenters. The van der Waals surface area contributed by atoms with Gasteiger partial charge in [0.05, 0.1) is 12.5 Å². The Balaban J connectivity index is 2.33. The Morgan fingerprint density at radius 2 is 1.83 bits per heavy atom. The fraction of sp³-hybridized carbons (Fsp3) is 0.375. The molecule has 1 aromatic heterocycles. The molecule has 1 aromatic carbocycles. The fourth-order valence-corrected chi connectivity index (χ4v) is 2.73. The molecule has 96 valence electrons. The summed E-state index contributed by atoms with van der Waals surface area (Å²) in [5.74, 6) is 0. The molecule has 0 radical (unpaired) electrons. The molecule has 0 aliphatic heterocycles. The molecule has 2 heteroatoms. The minimum absolute atomic E-state index is 0.336. The molecule has 0 fully saturated rings. The Morgan fingerprint density at radius 1 is 1.17 bits per heavy atom. The summed E-state index contributed by atoms with van der Waals surface area (Å²) in [7, 11) is 2.02. The van der Waals surface area contributed by atoms with Gasteiger partial charge in [0.1, 0.15) is 0 Å². The van der Waals surface area contributed by atoms with Crippen LogP contribution in [0.25, 0.3) is 0 Å². The van der Waals surface area contributed by atoms with E-state index in [1.807, 2.05) is 19.4 Å². The SMILES string of the molecule is CNC(Cc1ccoc1)c1c(C)cc(C)cc1C. The summed E-state index contributed by atoms with van der Waals surface area (Å²) in [5, 5.41) is 3.42. The van der Waals surface area contributed by atoms with Crippen LogP contribution in [0.3, 0.4) is 0 Å². The van der Waals surface area contributed by atoms with Crippen LogP contribution < -0.4 is 5.32 Å². The molecule has 0 spiro atoms. The first-order valence-corrected chi connectivity index (χ1v) is 6.38. The van der Waals surface area contributed by atoms with Gasteiger partial charge in [0.25, 0.3) is 0 Å². The van der Waals surface area contributed by atoms with Crippen molar-refractivity contribution in [3.05, 3.63) is 58.5 Å². The van der Waals surface area contributed by atoms with Crippen molar-refractivity contribution in [2.75, 3.05) is 7.05 Å². The topological polar surface area (TPSA) is 25.2 Å². The molecule has 0 saturated heterocycles. The van der Waals surface area contributed by atoms with Crippen molar-refractivity contribution in [3.63, 3.8) is 0 Å². The Bertz CT molecular complexity index is 491. The van der Waals surface area contributed by atoms with Gasteiger partial charge in [0.2, 0.25) is 0 Å². The van der Waals surface area contributed by atoms with Gasteiger partial charge in [-0.05, 0) is 62.6 Å². The molecule has 0 amide bonds. The third-order valence-corrected chi connectivity index (χ3v) is 3.45. The van der Waals surface area contributed by atoms with Gasteiger partial charge in [-0.15, -0.1) is 0 Å². The van der Waals surface area contributed by atoms with Gasteiger partial charge in [0.15, 0.2) is 0 Å².